The third-order valence-electron chi connectivity index (χ3n) is 7.16. The van der Waals surface area contributed by atoms with Gasteiger partial charge in [-0.15, -0.1) is 0 Å². The summed E-state index contributed by atoms with van der Waals surface area (Å²) in [4.78, 5) is 38.3. The lowest BCUT2D eigenvalue weighted by Gasteiger charge is -2.31. The zero-order chi connectivity index (χ0) is 22.1. The van der Waals surface area contributed by atoms with Crippen LogP contribution in [0.2, 0.25) is 0 Å². The van der Waals surface area contributed by atoms with Crippen molar-refractivity contribution >= 4 is 5.91 Å². The number of fused-ring (bicyclic) bond motifs is 1. The molecule has 0 aromatic carbocycles. The molecule has 0 spiro atoms. The number of nitrogens with zero attached hydrogens (tertiary/aromatic N) is 5. The quantitative estimate of drug-likeness (QED) is 0.728. The van der Waals surface area contributed by atoms with Crippen molar-refractivity contribution in [2.75, 3.05) is 19.6 Å². The Morgan fingerprint density at radius 3 is 2.97 bits per heavy atom. The van der Waals surface area contributed by atoms with Crippen LogP contribution in [0, 0.1) is 5.92 Å². The highest BCUT2D eigenvalue weighted by Crippen LogP contribution is 2.32. The molecule has 170 valence electrons. The van der Waals surface area contributed by atoms with E-state index in [1.807, 2.05) is 6.92 Å². The topological polar surface area (TPSA) is 87.1 Å². The molecule has 8 heteroatoms. The number of hydrogen-bond acceptors (Lipinski definition) is 5. The maximum absolute atomic E-state index is 13.0. The van der Waals surface area contributed by atoms with Gasteiger partial charge >= 0.3 is 0 Å². The number of carbonyl (C=O) groups excluding carboxylic acids is 1. The molecule has 2 aliphatic heterocycles. The summed E-state index contributed by atoms with van der Waals surface area (Å²) in [5.74, 6) is 1.42. The number of carbonyl (C=O) groups is 1. The van der Waals surface area contributed by atoms with Crippen LogP contribution in [0.5, 0.6) is 0 Å². The van der Waals surface area contributed by atoms with Crippen LogP contribution in [-0.4, -0.2) is 55.1 Å². The van der Waals surface area contributed by atoms with E-state index in [0.29, 0.717) is 43.2 Å². The Bertz CT molecular complexity index is 1070. The minimum Gasteiger partial charge on any atom is -0.332 e. The Kier molecular flexibility index (Phi) is 5.95. The molecule has 1 saturated heterocycles. The second-order valence-corrected chi connectivity index (χ2v) is 9.19. The standard InChI is InChI=1S/C24H32N6O2/c1-2-30-21(10-12-25-30)24(32)29-14-11-19-18(16-29)23(31)27-22(26-19)20-9-6-13-28(20)15-17-7-4-3-5-8-17/h3-4,10,12,17,20H,2,5-9,11,13-16H2,1H3,(H,26,27,31)/t17-,20-/m0/s1. The van der Waals surface area contributed by atoms with Gasteiger partial charge in [-0.1, -0.05) is 12.2 Å². The second-order valence-electron chi connectivity index (χ2n) is 9.19. The monoisotopic (exact) mass is 436 g/mol. The summed E-state index contributed by atoms with van der Waals surface area (Å²) in [7, 11) is 0. The van der Waals surface area contributed by atoms with Crippen molar-refractivity contribution in [3.63, 3.8) is 0 Å². The number of allylic oxidation sites excluding steroid dienone is 2. The first-order chi connectivity index (χ1) is 15.6. The van der Waals surface area contributed by atoms with Crippen LogP contribution >= 0.6 is 0 Å². The maximum Gasteiger partial charge on any atom is 0.272 e. The van der Waals surface area contributed by atoms with Crippen molar-refractivity contribution < 1.29 is 4.79 Å². The fourth-order valence-corrected chi connectivity index (χ4v) is 5.41. The van der Waals surface area contributed by atoms with Gasteiger partial charge in [-0.25, -0.2) is 4.98 Å². The molecule has 2 aromatic rings. The number of amides is 1. The van der Waals surface area contributed by atoms with Crippen LogP contribution in [0.1, 0.15) is 72.6 Å². The summed E-state index contributed by atoms with van der Waals surface area (Å²) in [6, 6.07) is 1.93. The summed E-state index contributed by atoms with van der Waals surface area (Å²) in [6.45, 7) is 5.61. The van der Waals surface area contributed by atoms with Gasteiger partial charge in [0.25, 0.3) is 11.5 Å². The zero-order valence-electron chi connectivity index (χ0n) is 18.8. The number of aromatic nitrogens is 4. The summed E-state index contributed by atoms with van der Waals surface area (Å²) < 4.78 is 1.69. The van der Waals surface area contributed by atoms with Crippen LogP contribution in [0.4, 0.5) is 0 Å². The first-order valence-electron chi connectivity index (χ1n) is 12.0. The van der Waals surface area contributed by atoms with Gasteiger partial charge in [-0.3, -0.25) is 19.2 Å². The van der Waals surface area contributed by atoms with Crippen molar-refractivity contribution in [1.29, 1.82) is 0 Å². The molecule has 8 nitrogen and oxygen atoms in total. The molecular formula is C24H32N6O2. The van der Waals surface area contributed by atoms with Crippen LogP contribution in [0.15, 0.2) is 29.2 Å². The number of hydrogen-bond donors (Lipinski definition) is 1. The molecule has 1 N–H and O–H groups in total. The largest absolute Gasteiger partial charge is 0.332 e. The summed E-state index contributed by atoms with van der Waals surface area (Å²) in [6.07, 6.45) is 12.6. The molecule has 5 rings (SSSR count). The Morgan fingerprint density at radius 1 is 1.25 bits per heavy atom. The molecule has 2 aromatic heterocycles. The smallest absolute Gasteiger partial charge is 0.272 e. The van der Waals surface area contributed by atoms with E-state index in [-0.39, 0.29) is 17.5 Å². The van der Waals surface area contributed by atoms with Crippen LogP contribution in [0.3, 0.4) is 0 Å². The molecule has 4 heterocycles. The van der Waals surface area contributed by atoms with Gasteiger partial charge in [0.15, 0.2) is 0 Å². The fourth-order valence-electron chi connectivity index (χ4n) is 5.41. The molecule has 1 fully saturated rings. The predicted molar refractivity (Wildman–Crippen MR) is 121 cm³/mol. The lowest BCUT2D eigenvalue weighted by Crippen LogP contribution is -2.41. The number of H-pyrrole nitrogens is 1. The van der Waals surface area contributed by atoms with Crippen molar-refractivity contribution in [2.45, 2.75) is 64.6 Å². The third-order valence-corrected chi connectivity index (χ3v) is 7.16. The number of rotatable bonds is 5. The van der Waals surface area contributed by atoms with Crippen molar-refractivity contribution in [1.82, 2.24) is 29.5 Å². The molecule has 32 heavy (non-hydrogen) atoms. The van der Waals surface area contributed by atoms with Crippen molar-refractivity contribution in [2.24, 2.45) is 5.92 Å². The van der Waals surface area contributed by atoms with Gasteiger partial charge in [0, 0.05) is 32.3 Å². The van der Waals surface area contributed by atoms with E-state index in [1.165, 1.54) is 12.8 Å². The van der Waals surface area contributed by atoms with Gasteiger partial charge in [0.1, 0.15) is 11.5 Å². The van der Waals surface area contributed by atoms with Crippen LogP contribution in [-0.2, 0) is 19.5 Å². The molecule has 0 unspecified atom stereocenters. The fraction of sp³-hybridized carbons (Fsp3) is 0.583. The van der Waals surface area contributed by atoms with Gasteiger partial charge in [-0.2, -0.15) is 5.10 Å². The summed E-state index contributed by atoms with van der Waals surface area (Å²) in [5.41, 5.74) is 1.94. The Labute approximate surface area is 188 Å². The second kappa shape index (κ2) is 9.02. The zero-order valence-corrected chi connectivity index (χ0v) is 18.8. The minimum atomic E-state index is -0.0982. The van der Waals surface area contributed by atoms with Gasteiger partial charge < -0.3 is 9.88 Å². The van der Waals surface area contributed by atoms with E-state index in [4.69, 9.17) is 4.98 Å². The van der Waals surface area contributed by atoms with E-state index in [9.17, 15) is 9.59 Å². The Morgan fingerprint density at radius 2 is 2.16 bits per heavy atom. The molecule has 0 bridgehead atoms. The molecule has 1 aliphatic carbocycles. The van der Waals surface area contributed by atoms with E-state index in [1.54, 1.807) is 21.8 Å². The number of aromatic amines is 1. The minimum absolute atomic E-state index is 0.0815. The van der Waals surface area contributed by atoms with E-state index < -0.39 is 0 Å². The number of aryl methyl sites for hydroxylation is 1. The molecule has 2 atom stereocenters. The third kappa shape index (κ3) is 4.03. The highest BCUT2D eigenvalue weighted by atomic mass is 16.2. The van der Waals surface area contributed by atoms with Gasteiger partial charge in [-0.05, 0) is 57.6 Å². The highest BCUT2D eigenvalue weighted by Gasteiger charge is 2.32. The van der Waals surface area contributed by atoms with Crippen molar-refractivity contribution in [3.8, 4) is 0 Å². The SMILES string of the molecule is CCn1nccc1C(=O)N1CCc2nc([C@@H]3CCCN3C[C@H]3CC=CCC3)[nH]c(=O)c2C1. The summed E-state index contributed by atoms with van der Waals surface area (Å²) >= 11 is 0. The average Bonchev–Trinajstić information content (AvgIpc) is 3.48. The normalized spacial score (nSPS) is 23.5. The molecular weight excluding hydrogens is 404 g/mol. The first-order valence-corrected chi connectivity index (χ1v) is 12.0. The number of likely N-dealkylation sites (tertiary alicyclic amines) is 1. The van der Waals surface area contributed by atoms with Gasteiger partial charge in [0.2, 0.25) is 0 Å². The lowest BCUT2D eigenvalue weighted by atomic mass is 9.93. The molecule has 3 aliphatic rings. The Balaban J connectivity index is 1.33. The first kappa shape index (κ1) is 21.1. The molecule has 0 saturated carbocycles. The highest BCUT2D eigenvalue weighted by molar-refractivity contribution is 5.92. The van der Waals surface area contributed by atoms with E-state index >= 15 is 0 Å². The average molecular weight is 437 g/mol. The van der Waals surface area contributed by atoms with E-state index in [0.717, 1.165) is 43.9 Å². The lowest BCUT2D eigenvalue weighted by molar-refractivity contribution is 0.0719. The van der Waals surface area contributed by atoms with Crippen LogP contribution in [0.25, 0.3) is 0 Å². The van der Waals surface area contributed by atoms with Crippen LogP contribution < -0.4 is 5.56 Å². The summed E-state index contributed by atoms with van der Waals surface area (Å²) in [5, 5.41) is 4.20. The maximum atomic E-state index is 13.0. The molecule has 0 radical (unpaired) electrons. The van der Waals surface area contributed by atoms with Crippen molar-refractivity contribution in [3.05, 3.63) is 57.5 Å². The van der Waals surface area contributed by atoms with E-state index in [2.05, 4.69) is 27.1 Å². The predicted octanol–water partition coefficient (Wildman–Crippen LogP) is 2.68. The Hall–Kier alpha value is -2.74. The number of nitrogens with one attached hydrogen (secondary N) is 1. The van der Waals surface area contributed by atoms with Gasteiger partial charge in [0.05, 0.1) is 23.8 Å². The molecule has 1 amide bonds.